The summed E-state index contributed by atoms with van der Waals surface area (Å²) in [6, 6.07) is 22.8. The van der Waals surface area contributed by atoms with E-state index in [1.54, 1.807) is 0 Å². The minimum atomic E-state index is -0.128. The van der Waals surface area contributed by atoms with E-state index in [4.69, 9.17) is 16.3 Å². The SMILES string of the molecule is CCOc1ccc(NC(=O)CSc2nnc(-c3ccc(Cl)cc3)n2-c2ccccc2C)cc1. The number of benzene rings is 3. The van der Waals surface area contributed by atoms with Crippen LogP contribution in [-0.4, -0.2) is 33.0 Å². The standard InChI is InChI=1S/C25H23ClN4O2S/c1-3-32-21-14-12-20(13-15-21)27-23(31)16-33-25-29-28-24(18-8-10-19(26)11-9-18)30(25)22-7-5-4-6-17(22)2/h4-15H,3,16H2,1-2H3,(H,27,31). The topological polar surface area (TPSA) is 69.0 Å². The summed E-state index contributed by atoms with van der Waals surface area (Å²) >= 11 is 7.40. The first kappa shape index (κ1) is 22.9. The van der Waals surface area contributed by atoms with E-state index in [9.17, 15) is 4.79 Å². The zero-order valence-electron chi connectivity index (χ0n) is 18.3. The van der Waals surface area contributed by atoms with Crippen molar-refractivity contribution < 1.29 is 9.53 Å². The molecule has 168 valence electrons. The summed E-state index contributed by atoms with van der Waals surface area (Å²) in [5.74, 6) is 1.52. The van der Waals surface area contributed by atoms with Gasteiger partial charge in [0, 0.05) is 16.3 Å². The van der Waals surface area contributed by atoms with Crippen LogP contribution in [0.25, 0.3) is 17.1 Å². The highest BCUT2D eigenvalue weighted by Crippen LogP contribution is 2.30. The lowest BCUT2D eigenvalue weighted by Crippen LogP contribution is -2.14. The smallest absolute Gasteiger partial charge is 0.234 e. The van der Waals surface area contributed by atoms with Crippen molar-refractivity contribution in [2.75, 3.05) is 17.7 Å². The van der Waals surface area contributed by atoms with Crippen LogP contribution in [0.1, 0.15) is 12.5 Å². The van der Waals surface area contributed by atoms with Gasteiger partial charge in [0.25, 0.3) is 0 Å². The number of halogens is 1. The first-order chi connectivity index (χ1) is 16.0. The van der Waals surface area contributed by atoms with Crippen LogP contribution >= 0.6 is 23.4 Å². The number of aryl methyl sites for hydroxylation is 1. The molecule has 0 unspecified atom stereocenters. The van der Waals surface area contributed by atoms with Gasteiger partial charge in [0.05, 0.1) is 18.0 Å². The predicted octanol–water partition coefficient (Wildman–Crippen LogP) is 6.03. The van der Waals surface area contributed by atoms with Crippen LogP contribution in [0.4, 0.5) is 5.69 Å². The summed E-state index contributed by atoms with van der Waals surface area (Å²) in [5, 5.41) is 13.0. The number of para-hydroxylation sites is 1. The van der Waals surface area contributed by atoms with Crippen LogP contribution in [0.3, 0.4) is 0 Å². The van der Waals surface area contributed by atoms with Gasteiger partial charge in [-0.25, -0.2) is 0 Å². The molecule has 33 heavy (non-hydrogen) atoms. The number of hydrogen-bond donors (Lipinski definition) is 1. The van der Waals surface area contributed by atoms with Crippen LogP contribution in [0.5, 0.6) is 5.75 Å². The number of hydrogen-bond acceptors (Lipinski definition) is 5. The summed E-state index contributed by atoms with van der Waals surface area (Å²) < 4.78 is 7.42. The van der Waals surface area contributed by atoms with Crippen LogP contribution in [0, 0.1) is 6.92 Å². The molecule has 0 saturated heterocycles. The molecule has 3 aromatic carbocycles. The molecule has 0 bridgehead atoms. The van der Waals surface area contributed by atoms with Gasteiger partial charge in [0.1, 0.15) is 5.75 Å². The number of carbonyl (C=O) groups excluding carboxylic acids is 1. The highest BCUT2D eigenvalue weighted by molar-refractivity contribution is 7.99. The van der Waals surface area contributed by atoms with Crippen molar-refractivity contribution in [1.29, 1.82) is 0 Å². The number of carbonyl (C=O) groups is 1. The van der Waals surface area contributed by atoms with Gasteiger partial charge >= 0.3 is 0 Å². The molecule has 4 rings (SSSR count). The Bertz CT molecular complexity index is 1240. The van der Waals surface area contributed by atoms with E-state index in [0.29, 0.717) is 28.3 Å². The van der Waals surface area contributed by atoms with Gasteiger partial charge < -0.3 is 10.1 Å². The van der Waals surface area contributed by atoms with Crippen LogP contribution in [0.15, 0.2) is 78.0 Å². The second-order valence-electron chi connectivity index (χ2n) is 7.23. The predicted molar refractivity (Wildman–Crippen MR) is 134 cm³/mol. The average molecular weight is 479 g/mol. The lowest BCUT2D eigenvalue weighted by atomic mass is 10.1. The van der Waals surface area contributed by atoms with E-state index in [2.05, 4.69) is 15.5 Å². The third kappa shape index (κ3) is 5.56. The Morgan fingerprint density at radius 3 is 2.45 bits per heavy atom. The average Bonchev–Trinajstić information content (AvgIpc) is 3.24. The van der Waals surface area contributed by atoms with Crippen molar-refractivity contribution in [2.24, 2.45) is 0 Å². The highest BCUT2D eigenvalue weighted by Gasteiger charge is 2.18. The second-order valence-corrected chi connectivity index (χ2v) is 8.61. The number of anilines is 1. The van der Waals surface area contributed by atoms with Gasteiger partial charge in [-0.2, -0.15) is 0 Å². The normalized spacial score (nSPS) is 10.8. The molecular weight excluding hydrogens is 456 g/mol. The molecule has 0 aliphatic carbocycles. The van der Waals surface area contributed by atoms with Crippen molar-refractivity contribution in [3.63, 3.8) is 0 Å². The van der Waals surface area contributed by atoms with Crippen molar-refractivity contribution in [3.05, 3.63) is 83.4 Å². The molecule has 0 saturated carbocycles. The maximum absolute atomic E-state index is 12.6. The maximum Gasteiger partial charge on any atom is 0.234 e. The van der Waals surface area contributed by atoms with Crippen LogP contribution < -0.4 is 10.1 Å². The number of nitrogens with one attached hydrogen (secondary N) is 1. The number of thioether (sulfide) groups is 1. The number of ether oxygens (including phenoxy) is 1. The van der Waals surface area contributed by atoms with E-state index >= 15 is 0 Å². The zero-order valence-corrected chi connectivity index (χ0v) is 19.9. The first-order valence-electron chi connectivity index (χ1n) is 10.5. The molecule has 0 aliphatic heterocycles. The molecule has 0 radical (unpaired) electrons. The highest BCUT2D eigenvalue weighted by atomic mass is 35.5. The molecule has 1 N–H and O–H groups in total. The molecule has 8 heteroatoms. The van der Waals surface area contributed by atoms with Gasteiger partial charge in [0.15, 0.2) is 11.0 Å². The Kier molecular flexibility index (Phi) is 7.32. The fourth-order valence-corrected chi connectivity index (χ4v) is 4.18. The van der Waals surface area contributed by atoms with Gasteiger partial charge in [0.2, 0.25) is 5.91 Å². The molecule has 0 spiro atoms. The monoisotopic (exact) mass is 478 g/mol. The minimum absolute atomic E-state index is 0.128. The fourth-order valence-electron chi connectivity index (χ4n) is 3.31. The molecule has 4 aromatic rings. The van der Waals surface area contributed by atoms with Gasteiger partial charge in [-0.15, -0.1) is 10.2 Å². The molecule has 0 atom stereocenters. The maximum atomic E-state index is 12.6. The molecule has 0 aliphatic rings. The summed E-state index contributed by atoms with van der Waals surface area (Å²) in [6.07, 6.45) is 0. The Morgan fingerprint density at radius 2 is 1.76 bits per heavy atom. The van der Waals surface area contributed by atoms with E-state index in [1.165, 1.54) is 11.8 Å². The Balaban J connectivity index is 1.55. The first-order valence-corrected chi connectivity index (χ1v) is 11.8. The second kappa shape index (κ2) is 10.6. The third-order valence-electron chi connectivity index (χ3n) is 4.87. The third-order valence-corrected chi connectivity index (χ3v) is 6.05. The number of rotatable bonds is 8. The molecule has 1 heterocycles. The van der Waals surface area contributed by atoms with Crippen molar-refractivity contribution >= 4 is 35.0 Å². The van der Waals surface area contributed by atoms with E-state index < -0.39 is 0 Å². The zero-order chi connectivity index (χ0) is 23.2. The van der Waals surface area contributed by atoms with Gasteiger partial charge in [-0.05, 0) is 74.0 Å². The molecule has 0 fully saturated rings. The number of aromatic nitrogens is 3. The summed E-state index contributed by atoms with van der Waals surface area (Å²) in [4.78, 5) is 12.6. The van der Waals surface area contributed by atoms with E-state index in [1.807, 2.05) is 91.2 Å². The summed E-state index contributed by atoms with van der Waals surface area (Å²) in [5.41, 5.74) is 3.64. The van der Waals surface area contributed by atoms with Gasteiger partial charge in [-0.1, -0.05) is 41.6 Å². The Hall–Kier alpha value is -3.29. The van der Waals surface area contributed by atoms with Crippen molar-refractivity contribution in [3.8, 4) is 22.8 Å². The lowest BCUT2D eigenvalue weighted by molar-refractivity contribution is -0.113. The molecule has 1 amide bonds. The van der Waals surface area contributed by atoms with Crippen LogP contribution in [0.2, 0.25) is 5.02 Å². The largest absolute Gasteiger partial charge is 0.494 e. The summed E-state index contributed by atoms with van der Waals surface area (Å²) in [7, 11) is 0. The quantitative estimate of drug-likeness (QED) is 0.313. The van der Waals surface area contributed by atoms with Gasteiger partial charge in [-0.3, -0.25) is 9.36 Å². The Labute approximate surface area is 202 Å². The van der Waals surface area contributed by atoms with E-state index in [-0.39, 0.29) is 11.7 Å². The Morgan fingerprint density at radius 1 is 1.03 bits per heavy atom. The molecular formula is C25H23ClN4O2S. The number of amides is 1. The van der Waals surface area contributed by atoms with Crippen LogP contribution in [-0.2, 0) is 4.79 Å². The van der Waals surface area contributed by atoms with E-state index in [0.717, 1.165) is 22.6 Å². The number of nitrogens with zero attached hydrogens (tertiary/aromatic N) is 3. The van der Waals surface area contributed by atoms with Crippen molar-refractivity contribution in [2.45, 2.75) is 19.0 Å². The van der Waals surface area contributed by atoms with Crippen molar-refractivity contribution in [1.82, 2.24) is 14.8 Å². The fraction of sp³-hybridized carbons (Fsp3) is 0.160. The lowest BCUT2D eigenvalue weighted by Gasteiger charge is -2.13. The minimum Gasteiger partial charge on any atom is -0.494 e. The summed E-state index contributed by atoms with van der Waals surface area (Å²) in [6.45, 7) is 4.57. The molecule has 1 aromatic heterocycles. The molecule has 6 nitrogen and oxygen atoms in total.